The first-order valence-electron chi connectivity index (χ1n) is 8.94. The van der Waals surface area contributed by atoms with Crippen LogP contribution in [0, 0.1) is 0 Å². The van der Waals surface area contributed by atoms with Crippen LogP contribution in [-0.2, 0) is 20.9 Å². The van der Waals surface area contributed by atoms with E-state index in [4.69, 9.17) is 14.2 Å². The molecule has 1 aromatic heterocycles. The summed E-state index contributed by atoms with van der Waals surface area (Å²) in [4.78, 5) is 31.3. The van der Waals surface area contributed by atoms with Gasteiger partial charge in [0.2, 0.25) is 0 Å². The molecule has 0 radical (unpaired) electrons. The van der Waals surface area contributed by atoms with Gasteiger partial charge < -0.3 is 19.1 Å². The van der Waals surface area contributed by atoms with Gasteiger partial charge in [-0.1, -0.05) is 18.2 Å². The molecule has 0 unspecified atom stereocenters. The lowest BCUT2D eigenvalue weighted by atomic mass is 10.0. The SMILES string of the molecule is COC(=O)C1=C(C)N(Cc2cccnc2)C(=O)C1=Cc1cccc(OC)c1OC. The second-order valence-electron chi connectivity index (χ2n) is 6.35. The fourth-order valence-electron chi connectivity index (χ4n) is 3.27. The van der Waals surface area contributed by atoms with E-state index in [0.717, 1.165) is 5.56 Å². The van der Waals surface area contributed by atoms with Gasteiger partial charge in [-0.3, -0.25) is 9.78 Å². The number of para-hydroxylation sites is 1. The number of hydrogen-bond donors (Lipinski definition) is 0. The number of nitrogens with zero attached hydrogens (tertiary/aromatic N) is 2. The molecule has 29 heavy (non-hydrogen) atoms. The van der Waals surface area contributed by atoms with Crippen molar-refractivity contribution in [3.05, 3.63) is 70.7 Å². The van der Waals surface area contributed by atoms with Crippen LogP contribution in [0.4, 0.5) is 0 Å². The van der Waals surface area contributed by atoms with E-state index >= 15 is 0 Å². The van der Waals surface area contributed by atoms with Gasteiger partial charge >= 0.3 is 5.97 Å². The Kier molecular flexibility index (Phi) is 5.97. The minimum Gasteiger partial charge on any atom is -0.493 e. The lowest BCUT2D eigenvalue weighted by molar-refractivity contribution is -0.136. The molecule has 0 aliphatic carbocycles. The number of ether oxygens (including phenoxy) is 3. The summed E-state index contributed by atoms with van der Waals surface area (Å²) in [6.45, 7) is 2.02. The molecule has 150 valence electrons. The Labute approximate surface area is 169 Å². The maximum atomic E-state index is 13.2. The van der Waals surface area contributed by atoms with E-state index in [1.807, 2.05) is 6.07 Å². The fraction of sp³-hybridized carbons (Fsp3) is 0.227. The van der Waals surface area contributed by atoms with Crippen LogP contribution in [0.5, 0.6) is 11.5 Å². The van der Waals surface area contributed by atoms with E-state index in [-0.39, 0.29) is 17.1 Å². The van der Waals surface area contributed by atoms with Gasteiger partial charge in [-0.15, -0.1) is 0 Å². The van der Waals surface area contributed by atoms with Gasteiger partial charge in [0.15, 0.2) is 11.5 Å². The van der Waals surface area contributed by atoms with Gasteiger partial charge in [0.05, 0.1) is 39.0 Å². The number of carbonyl (C=O) groups excluding carboxylic acids is 2. The standard InChI is InChI=1S/C22H22N2O5/c1-14-19(22(26)29-4)17(11-16-8-5-9-18(27-2)20(16)28-3)21(25)24(14)13-15-7-6-10-23-12-15/h5-12H,13H2,1-4H3. The van der Waals surface area contributed by atoms with Crippen LogP contribution in [0.1, 0.15) is 18.1 Å². The monoisotopic (exact) mass is 394 g/mol. The summed E-state index contributed by atoms with van der Waals surface area (Å²) in [5.74, 6) is 0.136. The van der Waals surface area contributed by atoms with Crippen molar-refractivity contribution in [1.29, 1.82) is 0 Å². The van der Waals surface area contributed by atoms with Crippen LogP contribution in [0.3, 0.4) is 0 Å². The summed E-state index contributed by atoms with van der Waals surface area (Å²) >= 11 is 0. The average Bonchev–Trinajstić information content (AvgIpc) is 2.98. The predicted octanol–water partition coefficient (Wildman–Crippen LogP) is 2.97. The molecule has 7 heteroatoms. The number of pyridine rings is 1. The Balaban J connectivity index is 2.09. The van der Waals surface area contributed by atoms with Gasteiger partial charge in [-0.25, -0.2) is 4.79 Å². The molecule has 1 aliphatic heterocycles. The first kappa shape index (κ1) is 20.1. The first-order chi connectivity index (χ1) is 14.0. The number of esters is 1. The van der Waals surface area contributed by atoms with E-state index in [0.29, 0.717) is 29.3 Å². The highest BCUT2D eigenvalue weighted by atomic mass is 16.5. The molecular weight excluding hydrogens is 372 g/mol. The molecule has 0 saturated carbocycles. The van der Waals surface area contributed by atoms with E-state index in [2.05, 4.69) is 4.98 Å². The van der Waals surface area contributed by atoms with Crippen molar-refractivity contribution in [2.75, 3.05) is 21.3 Å². The second kappa shape index (κ2) is 8.60. The number of rotatable bonds is 6. The highest BCUT2D eigenvalue weighted by Crippen LogP contribution is 2.37. The molecule has 3 rings (SSSR count). The summed E-state index contributed by atoms with van der Waals surface area (Å²) in [6.07, 6.45) is 4.98. The molecule has 2 heterocycles. The number of hydrogen-bond acceptors (Lipinski definition) is 6. The summed E-state index contributed by atoms with van der Waals surface area (Å²) in [6, 6.07) is 9.01. The summed E-state index contributed by atoms with van der Waals surface area (Å²) in [5, 5.41) is 0. The van der Waals surface area contributed by atoms with E-state index < -0.39 is 5.97 Å². The maximum absolute atomic E-state index is 13.2. The number of carbonyl (C=O) groups is 2. The Morgan fingerprint density at radius 2 is 1.93 bits per heavy atom. The van der Waals surface area contributed by atoms with Crippen molar-refractivity contribution in [2.24, 2.45) is 0 Å². The lowest BCUT2D eigenvalue weighted by Gasteiger charge is -2.17. The van der Waals surface area contributed by atoms with Gasteiger partial charge in [0.25, 0.3) is 5.91 Å². The van der Waals surface area contributed by atoms with E-state index in [1.54, 1.807) is 54.6 Å². The van der Waals surface area contributed by atoms with Crippen LogP contribution >= 0.6 is 0 Å². The van der Waals surface area contributed by atoms with Gasteiger partial charge in [-0.05, 0) is 30.7 Å². The minimum atomic E-state index is -0.572. The molecule has 0 saturated heterocycles. The zero-order valence-electron chi connectivity index (χ0n) is 16.8. The fourth-order valence-corrected chi connectivity index (χ4v) is 3.27. The number of amides is 1. The molecule has 7 nitrogen and oxygen atoms in total. The van der Waals surface area contributed by atoms with E-state index in [9.17, 15) is 9.59 Å². The molecule has 0 spiro atoms. The van der Waals surface area contributed by atoms with Crippen molar-refractivity contribution in [1.82, 2.24) is 9.88 Å². The Bertz CT molecular complexity index is 996. The molecule has 1 amide bonds. The van der Waals surface area contributed by atoms with Crippen LogP contribution < -0.4 is 9.47 Å². The molecule has 0 fully saturated rings. The largest absolute Gasteiger partial charge is 0.493 e. The molecule has 2 aromatic rings. The number of benzene rings is 1. The Morgan fingerprint density at radius 1 is 1.14 bits per heavy atom. The van der Waals surface area contributed by atoms with Gasteiger partial charge in [0.1, 0.15) is 0 Å². The number of aromatic nitrogens is 1. The van der Waals surface area contributed by atoms with Crippen molar-refractivity contribution in [3.8, 4) is 11.5 Å². The zero-order valence-corrected chi connectivity index (χ0v) is 16.8. The number of methoxy groups -OCH3 is 3. The summed E-state index contributed by atoms with van der Waals surface area (Å²) in [7, 11) is 4.35. The Morgan fingerprint density at radius 3 is 2.55 bits per heavy atom. The van der Waals surface area contributed by atoms with Gasteiger partial charge in [-0.2, -0.15) is 0 Å². The van der Waals surface area contributed by atoms with Crippen molar-refractivity contribution >= 4 is 18.0 Å². The third-order valence-electron chi connectivity index (χ3n) is 4.70. The predicted molar refractivity (Wildman–Crippen MR) is 107 cm³/mol. The van der Waals surface area contributed by atoms with Crippen molar-refractivity contribution < 1.29 is 23.8 Å². The summed E-state index contributed by atoms with van der Waals surface area (Å²) < 4.78 is 15.7. The lowest BCUT2D eigenvalue weighted by Crippen LogP contribution is -2.24. The molecule has 0 atom stereocenters. The van der Waals surface area contributed by atoms with Crippen LogP contribution in [0.15, 0.2) is 59.6 Å². The number of allylic oxidation sites excluding steroid dienone is 1. The first-order valence-corrected chi connectivity index (χ1v) is 8.94. The normalized spacial score (nSPS) is 15.1. The van der Waals surface area contributed by atoms with Crippen molar-refractivity contribution in [2.45, 2.75) is 13.5 Å². The van der Waals surface area contributed by atoms with Crippen LogP contribution in [0.2, 0.25) is 0 Å². The highest BCUT2D eigenvalue weighted by molar-refractivity contribution is 6.16. The molecule has 1 aromatic carbocycles. The molecule has 0 N–H and O–H groups in total. The van der Waals surface area contributed by atoms with Gasteiger partial charge in [0, 0.05) is 23.7 Å². The maximum Gasteiger partial charge on any atom is 0.340 e. The molecule has 1 aliphatic rings. The Hall–Kier alpha value is -3.61. The summed E-state index contributed by atoms with van der Waals surface area (Å²) in [5.41, 5.74) is 2.46. The molecule has 0 bridgehead atoms. The molecular formula is C22H22N2O5. The third-order valence-corrected chi connectivity index (χ3v) is 4.70. The van der Waals surface area contributed by atoms with Crippen molar-refractivity contribution in [3.63, 3.8) is 0 Å². The second-order valence-corrected chi connectivity index (χ2v) is 6.35. The topological polar surface area (TPSA) is 78.0 Å². The quantitative estimate of drug-likeness (QED) is 0.554. The van der Waals surface area contributed by atoms with E-state index in [1.165, 1.54) is 21.3 Å². The van der Waals surface area contributed by atoms with Crippen LogP contribution in [-0.4, -0.2) is 43.1 Å². The average molecular weight is 394 g/mol. The smallest absolute Gasteiger partial charge is 0.340 e. The van der Waals surface area contributed by atoms with Crippen LogP contribution in [0.25, 0.3) is 6.08 Å². The minimum absolute atomic E-state index is 0.228. The third kappa shape index (κ3) is 3.85. The highest BCUT2D eigenvalue weighted by Gasteiger charge is 2.37. The zero-order chi connectivity index (χ0) is 21.0.